The van der Waals surface area contributed by atoms with Crippen LogP contribution in [0.1, 0.15) is 27.0 Å². The van der Waals surface area contributed by atoms with Crippen LogP contribution in [-0.4, -0.2) is 27.2 Å². The van der Waals surface area contributed by atoms with E-state index < -0.39 is 0 Å². The van der Waals surface area contributed by atoms with Crippen LogP contribution >= 0.6 is 0 Å². The average Bonchev–Trinajstić information content (AvgIpc) is 2.59. The molecule has 0 unspecified atom stereocenters. The van der Waals surface area contributed by atoms with Crippen molar-refractivity contribution < 1.29 is 19.0 Å². The molecule has 5 heteroatoms. The molecular weight excluding hydrogens is 306 g/mol. The zero-order valence-electron chi connectivity index (χ0n) is 14.7. The second kappa shape index (κ2) is 7.73. The molecule has 1 amide bonds. The lowest BCUT2D eigenvalue weighted by Gasteiger charge is -2.14. The second-order valence-corrected chi connectivity index (χ2v) is 5.52. The zero-order valence-corrected chi connectivity index (χ0v) is 14.7. The molecule has 0 radical (unpaired) electrons. The SMILES string of the molecule is COc1ccc(C(=O)NCc2c(C)cc(C)cc2OC)cc1OC. The van der Waals surface area contributed by atoms with E-state index >= 15 is 0 Å². The summed E-state index contributed by atoms with van der Waals surface area (Å²) in [5.41, 5.74) is 3.69. The predicted octanol–water partition coefficient (Wildman–Crippen LogP) is 3.26. The van der Waals surface area contributed by atoms with E-state index in [9.17, 15) is 4.79 Å². The van der Waals surface area contributed by atoms with Crippen molar-refractivity contribution in [1.29, 1.82) is 0 Å². The number of rotatable bonds is 6. The number of carbonyl (C=O) groups is 1. The largest absolute Gasteiger partial charge is 0.496 e. The van der Waals surface area contributed by atoms with Crippen molar-refractivity contribution in [2.45, 2.75) is 20.4 Å². The molecule has 2 rings (SSSR count). The van der Waals surface area contributed by atoms with Crippen LogP contribution in [0.15, 0.2) is 30.3 Å². The summed E-state index contributed by atoms with van der Waals surface area (Å²) in [4.78, 5) is 12.4. The van der Waals surface area contributed by atoms with Crippen molar-refractivity contribution in [1.82, 2.24) is 5.32 Å². The Morgan fingerprint density at radius 3 is 2.21 bits per heavy atom. The van der Waals surface area contributed by atoms with E-state index in [0.29, 0.717) is 23.6 Å². The third-order valence-electron chi connectivity index (χ3n) is 3.87. The number of amides is 1. The molecule has 0 aliphatic carbocycles. The van der Waals surface area contributed by atoms with Crippen LogP contribution in [0.5, 0.6) is 17.2 Å². The first-order valence-electron chi connectivity index (χ1n) is 7.64. The van der Waals surface area contributed by atoms with E-state index in [1.165, 1.54) is 0 Å². The quantitative estimate of drug-likeness (QED) is 0.884. The molecular formula is C19H23NO4. The van der Waals surface area contributed by atoms with Crippen molar-refractivity contribution in [2.24, 2.45) is 0 Å². The Morgan fingerprint density at radius 2 is 1.58 bits per heavy atom. The number of hydrogen-bond donors (Lipinski definition) is 1. The van der Waals surface area contributed by atoms with Gasteiger partial charge in [0.25, 0.3) is 5.91 Å². The van der Waals surface area contributed by atoms with Crippen LogP contribution in [0, 0.1) is 13.8 Å². The highest BCUT2D eigenvalue weighted by Crippen LogP contribution is 2.28. The molecule has 0 saturated heterocycles. The van der Waals surface area contributed by atoms with Gasteiger partial charge in [0.2, 0.25) is 0 Å². The first kappa shape index (κ1) is 17.7. The molecule has 5 nitrogen and oxygen atoms in total. The van der Waals surface area contributed by atoms with Gasteiger partial charge in [-0.15, -0.1) is 0 Å². The molecule has 2 aromatic carbocycles. The van der Waals surface area contributed by atoms with Gasteiger partial charge in [0.05, 0.1) is 21.3 Å². The zero-order chi connectivity index (χ0) is 17.7. The van der Waals surface area contributed by atoms with E-state index in [-0.39, 0.29) is 5.91 Å². The number of hydrogen-bond acceptors (Lipinski definition) is 4. The van der Waals surface area contributed by atoms with Crippen LogP contribution in [0.25, 0.3) is 0 Å². The summed E-state index contributed by atoms with van der Waals surface area (Å²) < 4.78 is 15.8. The molecule has 0 saturated carbocycles. The van der Waals surface area contributed by atoms with Crippen LogP contribution in [0.2, 0.25) is 0 Å². The molecule has 0 spiro atoms. The van der Waals surface area contributed by atoms with Gasteiger partial charge in [0, 0.05) is 17.7 Å². The highest BCUT2D eigenvalue weighted by atomic mass is 16.5. The number of nitrogens with one attached hydrogen (secondary N) is 1. The molecule has 0 aromatic heterocycles. The Hall–Kier alpha value is -2.69. The van der Waals surface area contributed by atoms with E-state index in [4.69, 9.17) is 14.2 Å². The molecule has 0 heterocycles. The van der Waals surface area contributed by atoms with Gasteiger partial charge in [-0.1, -0.05) is 6.07 Å². The fourth-order valence-electron chi connectivity index (χ4n) is 2.62. The molecule has 1 N–H and O–H groups in total. The summed E-state index contributed by atoms with van der Waals surface area (Å²) in [6, 6.07) is 9.11. The Morgan fingerprint density at radius 1 is 0.917 bits per heavy atom. The number of aryl methyl sites for hydroxylation is 2. The van der Waals surface area contributed by atoms with E-state index in [1.54, 1.807) is 39.5 Å². The molecule has 0 fully saturated rings. The maximum Gasteiger partial charge on any atom is 0.251 e. The number of benzene rings is 2. The summed E-state index contributed by atoms with van der Waals surface area (Å²) >= 11 is 0. The third-order valence-corrected chi connectivity index (χ3v) is 3.87. The van der Waals surface area contributed by atoms with Gasteiger partial charge in [-0.25, -0.2) is 0 Å². The summed E-state index contributed by atoms with van der Waals surface area (Å²) in [5.74, 6) is 1.71. The van der Waals surface area contributed by atoms with Gasteiger partial charge in [-0.2, -0.15) is 0 Å². The minimum absolute atomic E-state index is 0.182. The smallest absolute Gasteiger partial charge is 0.251 e. The van der Waals surface area contributed by atoms with Crippen molar-refractivity contribution in [3.8, 4) is 17.2 Å². The monoisotopic (exact) mass is 329 g/mol. The van der Waals surface area contributed by atoms with Crippen LogP contribution in [0.3, 0.4) is 0 Å². The molecule has 0 bridgehead atoms. The Labute approximate surface area is 142 Å². The van der Waals surface area contributed by atoms with E-state index in [1.807, 2.05) is 19.9 Å². The Bertz CT molecular complexity index is 740. The first-order valence-corrected chi connectivity index (χ1v) is 7.64. The van der Waals surface area contributed by atoms with Gasteiger partial charge in [0.15, 0.2) is 11.5 Å². The molecule has 0 aliphatic heterocycles. The minimum Gasteiger partial charge on any atom is -0.496 e. The molecule has 128 valence electrons. The Balaban J connectivity index is 2.17. The van der Waals surface area contributed by atoms with E-state index in [2.05, 4.69) is 11.4 Å². The number of ether oxygens (including phenoxy) is 3. The molecule has 0 aliphatic rings. The number of methoxy groups -OCH3 is 3. The highest BCUT2D eigenvalue weighted by molar-refractivity contribution is 5.94. The van der Waals surface area contributed by atoms with Gasteiger partial charge >= 0.3 is 0 Å². The summed E-state index contributed by atoms with van der Waals surface area (Å²) in [6.07, 6.45) is 0. The van der Waals surface area contributed by atoms with Crippen molar-refractivity contribution in [2.75, 3.05) is 21.3 Å². The normalized spacial score (nSPS) is 10.2. The van der Waals surface area contributed by atoms with Gasteiger partial charge in [-0.05, 0) is 49.2 Å². The lowest BCUT2D eigenvalue weighted by molar-refractivity contribution is 0.0950. The fraction of sp³-hybridized carbons (Fsp3) is 0.316. The molecule has 24 heavy (non-hydrogen) atoms. The van der Waals surface area contributed by atoms with Gasteiger partial charge in [0.1, 0.15) is 5.75 Å². The average molecular weight is 329 g/mol. The van der Waals surface area contributed by atoms with Crippen molar-refractivity contribution >= 4 is 5.91 Å². The topological polar surface area (TPSA) is 56.8 Å². The van der Waals surface area contributed by atoms with Crippen LogP contribution < -0.4 is 19.5 Å². The highest BCUT2D eigenvalue weighted by Gasteiger charge is 2.13. The predicted molar refractivity (Wildman–Crippen MR) is 93.2 cm³/mol. The maximum absolute atomic E-state index is 12.4. The van der Waals surface area contributed by atoms with Crippen LogP contribution in [-0.2, 0) is 6.54 Å². The molecule has 2 aromatic rings. The summed E-state index contributed by atoms with van der Waals surface area (Å²) in [7, 11) is 4.73. The Kier molecular flexibility index (Phi) is 5.68. The summed E-state index contributed by atoms with van der Waals surface area (Å²) in [6.45, 7) is 4.41. The standard InChI is InChI=1S/C19H23NO4/c1-12-8-13(2)15(17(9-12)23-4)11-20-19(21)14-6-7-16(22-3)18(10-14)24-5/h6-10H,11H2,1-5H3,(H,20,21). The van der Waals surface area contributed by atoms with Gasteiger partial charge in [-0.3, -0.25) is 4.79 Å². The van der Waals surface area contributed by atoms with Crippen LogP contribution in [0.4, 0.5) is 0 Å². The second-order valence-electron chi connectivity index (χ2n) is 5.52. The van der Waals surface area contributed by atoms with E-state index in [0.717, 1.165) is 22.4 Å². The van der Waals surface area contributed by atoms with Gasteiger partial charge < -0.3 is 19.5 Å². The lowest BCUT2D eigenvalue weighted by Crippen LogP contribution is -2.23. The number of carbonyl (C=O) groups excluding carboxylic acids is 1. The third kappa shape index (κ3) is 3.79. The minimum atomic E-state index is -0.182. The van der Waals surface area contributed by atoms with Crippen molar-refractivity contribution in [3.05, 3.63) is 52.6 Å². The first-order chi connectivity index (χ1) is 11.5. The van der Waals surface area contributed by atoms with Crippen molar-refractivity contribution in [3.63, 3.8) is 0 Å². The summed E-state index contributed by atoms with van der Waals surface area (Å²) in [5, 5.41) is 2.92. The fourth-order valence-corrected chi connectivity index (χ4v) is 2.62. The lowest BCUT2D eigenvalue weighted by atomic mass is 10.0. The molecule has 0 atom stereocenters. The maximum atomic E-state index is 12.4.